The summed E-state index contributed by atoms with van der Waals surface area (Å²) in [6, 6.07) is 8.03. The summed E-state index contributed by atoms with van der Waals surface area (Å²) >= 11 is 0. The summed E-state index contributed by atoms with van der Waals surface area (Å²) in [6.45, 7) is 2.17. The molecule has 28 heavy (non-hydrogen) atoms. The number of hydrogen-bond donors (Lipinski definition) is 3. The zero-order valence-electron chi connectivity index (χ0n) is 15.4. The van der Waals surface area contributed by atoms with Gasteiger partial charge in [0.1, 0.15) is 5.82 Å². The first-order chi connectivity index (χ1) is 13.6. The van der Waals surface area contributed by atoms with E-state index in [1.165, 1.54) is 0 Å². The summed E-state index contributed by atoms with van der Waals surface area (Å²) in [7, 11) is -1.07. The Labute approximate surface area is 163 Å². The van der Waals surface area contributed by atoms with Crippen LogP contribution in [0.25, 0.3) is 0 Å². The number of nitriles is 2. The molecular formula is C19H19BN6O2. The number of aromatic nitrogens is 2. The second-order valence-electron chi connectivity index (χ2n) is 7.14. The van der Waals surface area contributed by atoms with E-state index in [1.54, 1.807) is 12.3 Å². The third-order valence-corrected chi connectivity index (χ3v) is 5.26. The average Bonchev–Trinajstić information content (AvgIpc) is 3.30. The van der Waals surface area contributed by atoms with Gasteiger partial charge in [0.2, 0.25) is 5.95 Å². The summed E-state index contributed by atoms with van der Waals surface area (Å²) < 4.78 is 5.21. The molecule has 2 aromatic rings. The highest BCUT2D eigenvalue weighted by Gasteiger charge is 2.31. The maximum Gasteiger partial charge on any atom is 0.493 e. The molecule has 140 valence electrons. The van der Waals surface area contributed by atoms with E-state index in [1.807, 2.05) is 13.0 Å². The summed E-state index contributed by atoms with van der Waals surface area (Å²) in [5.41, 5.74) is 3.19. The normalized spacial score (nSPS) is 20.4. The van der Waals surface area contributed by atoms with E-state index in [0.717, 1.165) is 30.4 Å². The number of anilines is 3. The van der Waals surface area contributed by atoms with Crippen LogP contribution >= 0.6 is 0 Å². The van der Waals surface area contributed by atoms with E-state index in [0.29, 0.717) is 28.5 Å². The zero-order chi connectivity index (χ0) is 19.7. The fourth-order valence-corrected chi connectivity index (χ4v) is 3.78. The van der Waals surface area contributed by atoms with Gasteiger partial charge in [0.05, 0.1) is 30.2 Å². The minimum absolute atomic E-state index is 0.00732. The van der Waals surface area contributed by atoms with Crippen LogP contribution in [0.1, 0.15) is 36.0 Å². The van der Waals surface area contributed by atoms with E-state index in [4.69, 9.17) is 4.65 Å². The summed E-state index contributed by atoms with van der Waals surface area (Å²) in [5.74, 6) is 1.08. The van der Waals surface area contributed by atoms with E-state index < -0.39 is 7.12 Å². The lowest BCUT2D eigenvalue weighted by Gasteiger charge is -2.18. The van der Waals surface area contributed by atoms with Crippen molar-refractivity contribution in [3.05, 3.63) is 35.0 Å². The van der Waals surface area contributed by atoms with Crippen molar-refractivity contribution in [2.45, 2.75) is 38.8 Å². The van der Waals surface area contributed by atoms with Gasteiger partial charge < -0.3 is 20.3 Å². The second kappa shape index (κ2) is 7.47. The number of benzene rings is 1. The number of aryl methyl sites for hydroxylation is 1. The largest absolute Gasteiger partial charge is 0.493 e. The van der Waals surface area contributed by atoms with Crippen molar-refractivity contribution in [3.8, 4) is 12.1 Å². The van der Waals surface area contributed by atoms with E-state index in [-0.39, 0.29) is 18.6 Å². The van der Waals surface area contributed by atoms with Crippen LogP contribution in [-0.2, 0) is 11.3 Å². The van der Waals surface area contributed by atoms with Crippen molar-refractivity contribution < 1.29 is 9.68 Å². The van der Waals surface area contributed by atoms with Crippen LogP contribution < -0.4 is 16.1 Å². The molecule has 0 amide bonds. The third kappa shape index (κ3) is 3.38. The molecule has 0 bridgehead atoms. The lowest BCUT2D eigenvalue weighted by atomic mass is 9.76. The molecule has 1 aliphatic heterocycles. The second-order valence-corrected chi connectivity index (χ2v) is 7.14. The van der Waals surface area contributed by atoms with Crippen LogP contribution in [-0.4, -0.2) is 28.2 Å². The Morgan fingerprint density at radius 3 is 2.96 bits per heavy atom. The molecule has 4 rings (SSSR count). The lowest BCUT2D eigenvalue weighted by molar-refractivity contribution is 0.275. The fraction of sp³-hybridized carbons (Fsp3) is 0.368. The maximum absolute atomic E-state index is 9.87. The highest BCUT2D eigenvalue weighted by atomic mass is 16.5. The van der Waals surface area contributed by atoms with E-state index >= 15 is 0 Å². The van der Waals surface area contributed by atoms with Crippen molar-refractivity contribution in [2.24, 2.45) is 5.92 Å². The molecular weight excluding hydrogens is 355 g/mol. The van der Waals surface area contributed by atoms with Gasteiger partial charge in [0.25, 0.3) is 0 Å². The smallest absolute Gasteiger partial charge is 0.423 e. The average molecular weight is 374 g/mol. The monoisotopic (exact) mass is 374 g/mol. The molecule has 8 nitrogen and oxygen atoms in total. The minimum Gasteiger partial charge on any atom is -0.423 e. The van der Waals surface area contributed by atoms with Gasteiger partial charge in [0, 0.05) is 29.0 Å². The molecule has 1 aliphatic carbocycles. The first-order valence-corrected chi connectivity index (χ1v) is 9.22. The summed E-state index contributed by atoms with van der Waals surface area (Å²) in [6.07, 6.45) is 4.61. The molecule has 2 atom stereocenters. The van der Waals surface area contributed by atoms with Gasteiger partial charge in [-0.25, -0.2) is 4.98 Å². The van der Waals surface area contributed by atoms with Gasteiger partial charge in [-0.1, -0.05) is 0 Å². The van der Waals surface area contributed by atoms with Crippen LogP contribution in [0.5, 0.6) is 0 Å². The molecule has 0 spiro atoms. The zero-order valence-corrected chi connectivity index (χ0v) is 15.4. The Morgan fingerprint density at radius 2 is 2.18 bits per heavy atom. The number of nitrogens with zero attached hydrogens (tertiary/aromatic N) is 4. The molecule has 3 N–H and O–H groups in total. The predicted octanol–water partition coefficient (Wildman–Crippen LogP) is 1.72. The molecule has 2 heterocycles. The van der Waals surface area contributed by atoms with Gasteiger partial charge in [0.15, 0.2) is 0 Å². The quantitative estimate of drug-likeness (QED) is 0.691. The Hall–Kier alpha value is -3.14. The highest BCUT2D eigenvalue weighted by molar-refractivity contribution is 6.62. The number of nitrogens with one attached hydrogen (secondary N) is 2. The Balaban J connectivity index is 1.58. The van der Waals surface area contributed by atoms with E-state index in [2.05, 4.69) is 32.7 Å². The Kier molecular flexibility index (Phi) is 4.87. The molecule has 0 radical (unpaired) electrons. The van der Waals surface area contributed by atoms with Crippen molar-refractivity contribution >= 4 is 30.0 Å². The number of hydrogen-bond acceptors (Lipinski definition) is 8. The maximum atomic E-state index is 9.87. The fourth-order valence-electron chi connectivity index (χ4n) is 3.78. The molecule has 0 unspecified atom stereocenters. The predicted molar refractivity (Wildman–Crippen MR) is 104 cm³/mol. The molecule has 1 aromatic heterocycles. The SMILES string of the molecule is Cc1cnc(Nc2cc(C#N)c3c(c2)COB3O)nc1N[C@@H]1CCC[C@H]1C#N. The molecule has 1 fully saturated rings. The van der Waals surface area contributed by atoms with Gasteiger partial charge in [-0.3, -0.25) is 0 Å². The standard InChI is InChI=1S/C19H19BN6O2/c1-11-9-23-19(26-18(11)25-16-4-2-3-12(16)7-21)24-15-5-13(8-22)17-14(6-15)10-28-20(17)27/h5-6,9,12,16,27H,2-4,10H2,1H3,(H2,23,24,25,26)/t12-,16+/m0/s1. The van der Waals surface area contributed by atoms with Crippen LogP contribution in [0.15, 0.2) is 18.3 Å². The topological polar surface area (TPSA) is 127 Å². The highest BCUT2D eigenvalue weighted by Crippen LogP contribution is 2.29. The Morgan fingerprint density at radius 1 is 1.32 bits per heavy atom. The van der Waals surface area contributed by atoms with Gasteiger partial charge in [-0.2, -0.15) is 15.5 Å². The number of rotatable bonds is 4. The first-order valence-electron chi connectivity index (χ1n) is 9.22. The summed E-state index contributed by atoms with van der Waals surface area (Å²) in [4.78, 5) is 8.88. The lowest BCUT2D eigenvalue weighted by Crippen LogP contribution is -2.30. The van der Waals surface area contributed by atoms with E-state index in [9.17, 15) is 15.5 Å². The van der Waals surface area contributed by atoms with Crippen LogP contribution in [0.2, 0.25) is 0 Å². The van der Waals surface area contributed by atoms with Gasteiger partial charge in [-0.05, 0) is 43.9 Å². The Bertz CT molecular complexity index is 999. The van der Waals surface area contributed by atoms with Gasteiger partial charge >= 0.3 is 7.12 Å². The molecule has 9 heteroatoms. The molecule has 1 saturated carbocycles. The third-order valence-electron chi connectivity index (χ3n) is 5.26. The summed E-state index contributed by atoms with van der Waals surface area (Å²) in [5, 5.41) is 35.1. The van der Waals surface area contributed by atoms with Crippen molar-refractivity contribution in [2.75, 3.05) is 10.6 Å². The van der Waals surface area contributed by atoms with Crippen LogP contribution in [0.4, 0.5) is 17.5 Å². The van der Waals surface area contributed by atoms with Crippen LogP contribution in [0, 0.1) is 35.5 Å². The molecule has 1 aromatic carbocycles. The van der Waals surface area contributed by atoms with Crippen molar-refractivity contribution in [3.63, 3.8) is 0 Å². The van der Waals surface area contributed by atoms with Crippen molar-refractivity contribution in [1.82, 2.24) is 9.97 Å². The van der Waals surface area contributed by atoms with Gasteiger partial charge in [-0.15, -0.1) is 0 Å². The van der Waals surface area contributed by atoms with Crippen LogP contribution in [0.3, 0.4) is 0 Å². The van der Waals surface area contributed by atoms with Crippen molar-refractivity contribution in [1.29, 1.82) is 10.5 Å². The minimum atomic E-state index is -1.07. The molecule has 2 aliphatic rings. The first kappa shape index (κ1) is 18.2. The molecule has 0 saturated heterocycles. The number of fused-ring (bicyclic) bond motifs is 1.